The molecule has 0 spiro atoms. The Labute approximate surface area is 83.5 Å². The summed E-state index contributed by atoms with van der Waals surface area (Å²) in [7, 11) is 0. The number of nitrogens with zero attached hydrogens (tertiary/aromatic N) is 2. The van der Waals surface area contributed by atoms with E-state index < -0.39 is 0 Å². The summed E-state index contributed by atoms with van der Waals surface area (Å²) in [5.41, 5.74) is 0.938. The van der Waals surface area contributed by atoms with Crippen molar-refractivity contribution in [1.82, 2.24) is 9.97 Å². The number of unbranched alkanes of at least 4 members (excludes halogenated alkanes) is 1. The Morgan fingerprint density at radius 3 is 2.77 bits per heavy atom. The highest BCUT2D eigenvalue weighted by molar-refractivity contribution is 6.17. The molecule has 0 saturated carbocycles. The van der Waals surface area contributed by atoms with E-state index in [1.807, 2.05) is 6.92 Å². The average Bonchev–Trinajstić information content (AvgIpc) is 2.15. The van der Waals surface area contributed by atoms with Gasteiger partial charge in [0.05, 0.1) is 5.69 Å². The van der Waals surface area contributed by atoms with Gasteiger partial charge in [-0.15, -0.1) is 11.6 Å². The molecule has 0 aliphatic carbocycles. The molecule has 1 heterocycles. The van der Waals surface area contributed by atoms with Crippen LogP contribution in [0.2, 0.25) is 0 Å². The van der Waals surface area contributed by atoms with Gasteiger partial charge in [-0.3, -0.25) is 4.98 Å². The Bertz CT molecular complexity index is 252. The Morgan fingerprint density at radius 1 is 1.31 bits per heavy atom. The molecule has 0 amide bonds. The van der Waals surface area contributed by atoms with E-state index in [2.05, 4.69) is 15.3 Å². The molecule has 4 heteroatoms. The van der Waals surface area contributed by atoms with Crippen molar-refractivity contribution in [3.05, 3.63) is 18.1 Å². The molecule has 1 rings (SSSR count). The molecule has 1 N–H and O–H groups in total. The van der Waals surface area contributed by atoms with Gasteiger partial charge in [0.15, 0.2) is 0 Å². The van der Waals surface area contributed by atoms with Crippen molar-refractivity contribution in [1.29, 1.82) is 0 Å². The van der Waals surface area contributed by atoms with E-state index in [-0.39, 0.29) is 0 Å². The molecule has 0 aromatic carbocycles. The first-order valence-electron chi connectivity index (χ1n) is 4.42. The molecular weight excluding hydrogens is 186 g/mol. The Morgan fingerprint density at radius 2 is 2.08 bits per heavy atom. The van der Waals surface area contributed by atoms with Crippen molar-refractivity contribution in [3.63, 3.8) is 0 Å². The Hall–Kier alpha value is -0.830. The highest BCUT2D eigenvalue weighted by atomic mass is 35.5. The summed E-state index contributed by atoms with van der Waals surface area (Å²) in [4.78, 5) is 8.30. The van der Waals surface area contributed by atoms with Gasteiger partial charge in [0.25, 0.3) is 0 Å². The molecule has 72 valence electrons. The van der Waals surface area contributed by atoms with E-state index in [9.17, 15) is 0 Å². The van der Waals surface area contributed by atoms with Crippen LogP contribution in [0.25, 0.3) is 0 Å². The van der Waals surface area contributed by atoms with Crippen LogP contribution in [0, 0.1) is 6.92 Å². The van der Waals surface area contributed by atoms with Gasteiger partial charge in [-0.25, -0.2) is 4.98 Å². The molecule has 0 radical (unpaired) electrons. The van der Waals surface area contributed by atoms with Crippen molar-refractivity contribution < 1.29 is 0 Å². The van der Waals surface area contributed by atoms with Crippen molar-refractivity contribution >= 4 is 17.4 Å². The third-order valence-corrected chi connectivity index (χ3v) is 2.00. The number of rotatable bonds is 5. The summed E-state index contributed by atoms with van der Waals surface area (Å²) in [5.74, 6) is 1.60. The second-order valence-electron chi connectivity index (χ2n) is 2.81. The molecule has 0 fully saturated rings. The first-order chi connectivity index (χ1) is 6.34. The maximum atomic E-state index is 5.56. The van der Waals surface area contributed by atoms with Crippen LogP contribution in [0.15, 0.2) is 12.4 Å². The summed E-state index contributed by atoms with van der Waals surface area (Å²) in [6.07, 6.45) is 5.49. The van der Waals surface area contributed by atoms with Crippen LogP contribution in [-0.4, -0.2) is 22.4 Å². The largest absolute Gasteiger partial charge is 0.369 e. The predicted molar refractivity (Wildman–Crippen MR) is 55.2 cm³/mol. The smallest absolute Gasteiger partial charge is 0.147 e. The minimum atomic E-state index is 0.723. The molecule has 3 nitrogen and oxygen atoms in total. The number of halogens is 1. The number of aryl methyl sites for hydroxylation is 1. The van der Waals surface area contributed by atoms with Crippen molar-refractivity contribution in [2.24, 2.45) is 0 Å². The quantitative estimate of drug-likeness (QED) is 0.584. The number of hydrogen-bond donors (Lipinski definition) is 1. The van der Waals surface area contributed by atoms with Crippen LogP contribution in [-0.2, 0) is 0 Å². The number of nitrogens with one attached hydrogen (secondary N) is 1. The summed E-state index contributed by atoms with van der Waals surface area (Å²) in [5, 5.41) is 3.22. The van der Waals surface area contributed by atoms with E-state index in [1.54, 1.807) is 12.4 Å². The molecule has 0 atom stereocenters. The van der Waals surface area contributed by atoms with Gasteiger partial charge >= 0.3 is 0 Å². The standard InChI is InChI=1S/C9H14ClN3/c1-8-9(13-7-6-11-8)12-5-3-2-4-10/h6-7H,2-5H2,1H3,(H,12,13). The monoisotopic (exact) mass is 199 g/mol. The zero-order valence-corrected chi connectivity index (χ0v) is 8.51. The lowest BCUT2D eigenvalue weighted by molar-refractivity contribution is 0.833. The first-order valence-corrected chi connectivity index (χ1v) is 4.95. The second kappa shape index (κ2) is 5.75. The molecule has 0 aliphatic rings. The fourth-order valence-electron chi connectivity index (χ4n) is 1.01. The Balaban J connectivity index is 2.32. The molecule has 1 aromatic rings. The second-order valence-corrected chi connectivity index (χ2v) is 3.19. The molecule has 0 saturated heterocycles. The maximum Gasteiger partial charge on any atom is 0.147 e. The number of alkyl halides is 1. The van der Waals surface area contributed by atoms with E-state index in [0.717, 1.165) is 36.8 Å². The van der Waals surface area contributed by atoms with E-state index in [4.69, 9.17) is 11.6 Å². The highest BCUT2D eigenvalue weighted by Crippen LogP contribution is 2.05. The minimum Gasteiger partial charge on any atom is -0.369 e. The number of aromatic nitrogens is 2. The predicted octanol–water partition coefficient (Wildman–Crippen LogP) is 2.22. The third-order valence-electron chi connectivity index (χ3n) is 1.73. The van der Waals surface area contributed by atoms with Crippen molar-refractivity contribution in [2.45, 2.75) is 19.8 Å². The molecule has 0 aliphatic heterocycles. The summed E-state index contributed by atoms with van der Waals surface area (Å²) in [6.45, 7) is 2.85. The summed E-state index contributed by atoms with van der Waals surface area (Å²) < 4.78 is 0. The van der Waals surface area contributed by atoms with Gasteiger partial charge in [0.2, 0.25) is 0 Å². The topological polar surface area (TPSA) is 37.8 Å². The van der Waals surface area contributed by atoms with Crippen molar-refractivity contribution in [2.75, 3.05) is 17.7 Å². The van der Waals surface area contributed by atoms with Gasteiger partial charge in [0.1, 0.15) is 5.82 Å². The van der Waals surface area contributed by atoms with Crippen LogP contribution in [0.5, 0.6) is 0 Å². The maximum absolute atomic E-state index is 5.56. The number of anilines is 1. The lowest BCUT2D eigenvalue weighted by Crippen LogP contribution is -2.05. The van der Waals surface area contributed by atoms with Gasteiger partial charge in [-0.1, -0.05) is 0 Å². The van der Waals surface area contributed by atoms with Gasteiger partial charge in [0, 0.05) is 24.8 Å². The van der Waals surface area contributed by atoms with E-state index in [0.29, 0.717) is 0 Å². The zero-order chi connectivity index (χ0) is 9.52. The van der Waals surface area contributed by atoms with Crippen LogP contribution in [0.4, 0.5) is 5.82 Å². The fourth-order valence-corrected chi connectivity index (χ4v) is 1.20. The van der Waals surface area contributed by atoms with Crippen LogP contribution in [0.3, 0.4) is 0 Å². The number of hydrogen-bond acceptors (Lipinski definition) is 3. The minimum absolute atomic E-state index is 0.723. The van der Waals surface area contributed by atoms with Gasteiger partial charge < -0.3 is 5.32 Å². The molecule has 0 bridgehead atoms. The molecular formula is C9H14ClN3. The molecule has 0 unspecified atom stereocenters. The highest BCUT2D eigenvalue weighted by Gasteiger charge is 1.97. The fraction of sp³-hybridized carbons (Fsp3) is 0.556. The normalized spacial score (nSPS) is 10.0. The molecule has 1 aromatic heterocycles. The zero-order valence-electron chi connectivity index (χ0n) is 7.76. The summed E-state index contributed by atoms with van der Waals surface area (Å²) in [6, 6.07) is 0. The SMILES string of the molecule is Cc1nccnc1NCCCCCl. The van der Waals surface area contributed by atoms with E-state index >= 15 is 0 Å². The Kier molecular flexibility index (Phi) is 4.54. The van der Waals surface area contributed by atoms with Gasteiger partial charge in [-0.2, -0.15) is 0 Å². The first kappa shape index (κ1) is 10.3. The van der Waals surface area contributed by atoms with Crippen LogP contribution in [0.1, 0.15) is 18.5 Å². The van der Waals surface area contributed by atoms with Crippen molar-refractivity contribution in [3.8, 4) is 0 Å². The lowest BCUT2D eigenvalue weighted by atomic mass is 10.3. The summed E-state index contributed by atoms with van der Waals surface area (Å²) >= 11 is 5.56. The molecule has 13 heavy (non-hydrogen) atoms. The van der Waals surface area contributed by atoms with Crippen LogP contribution < -0.4 is 5.32 Å². The van der Waals surface area contributed by atoms with E-state index in [1.165, 1.54) is 0 Å². The van der Waals surface area contributed by atoms with Crippen LogP contribution >= 0.6 is 11.6 Å². The van der Waals surface area contributed by atoms with Gasteiger partial charge in [-0.05, 0) is 19.8 Å². The lowest BCUT2D eigenvalue weighted by Gasteiger charge is -2.05. The average molecular weight is 200 g/mol. The third kappa shape index (κ3) is 3.59.